The Morgan fingerprint density at radius 1 is 1.18 bits per heavy atom. The lowest BCUT2D eigenvalue weighted by atomic mass is 10.0. The summed E-state index contributed by atoms with van der Waals surface area (Å²) in [5, 5.41) is 1.66. The van der Waals surface area contributed by atoms with Crippen molar-refractivity contribution in [2.24, 2.45) is 4.99 Å². The minimum absolute atomic E-state index is 0.422. The molecule has 3 aliphatic rings. The molecule has 1 atom stereocenters. The molecule has 3 aliphatic heterocycles. The Morgan fingerprint density at radius 2 is 1.93 bits per heavy atom. The predicted molar refractivity (Wildman–Crippen MR) is 95.6 cm³/mol. The lowest BCUT2D eigenvalue weighted by Crippen LogP contribution is -2.40. The van der Waals surface area contributed by atoms with Crippen LogP contribution in [0.25, 0.3) is 0 Å². The zero-order chi connectivity index (χ0) is 20.0. The minimum Gasteiger partial charge on any atom is -0.362 e. The van der Waals surface area contributed by atoms with Gasteiger partial charge in [-0.3, -0.25) is 9.83 Å². The van der Waals surface area contributed by atoms with E-state index in [2.05, 4.69) is 4.99 Å². The van der Waals surface area contributed by atoms with Crippen molar-refractivity contribution >= 4 is 6.21 Å². The Bertz CT molecular complexity index is 941. The summed E-state index contributed by atoms with van der Waals surface area (Å²) >= 11 is 0. The monoisotopic (exact) mass is 392 g/mol. The van der Waals surface area contributed by atoms with Crippen molar-refractivity contribution in [3.63, 3.8) is 0 Å². The van der Waals surface area contributed by atoms with Gasteiger partial charge in [-0.25, -0.2) is 18.2 Å². The molecule has 0 spiro atoms. The second-order valence-electron chi connectivity index (χ2n) is 6.69. The molecule has 6 nitrogen and oxygen atoms in total. The Hall–Kier alpha value is -2.78. The largest absolute Gasteiger partial charge is 0.362 e. The molecule has 0 saturated heterocycles. The summed E-state index contributed by atoms with van der Waals surface area (Å²) in [7, 11) is 3.46. The SMILES string of the molecule is CON1C=C2C=NC3=C(N(C)C=C(C)C3OCc3c(F)ccc(F)c3F)N2C1. The molecule has 0 saturated carbocycles. The Kier molecular flexibility index (Phi) is 4.64. The van der Waals surface area contributed by atoms with Crippen LogP contribution in [0.4, 0.5) is 13.2 Å². The van der Waals surface area contributed by atoms with Gasteiger partial charge in [0.25, 0.3) is 0 Å². The van der Waals surface area contributed by atoms with Crippen LogP contribution in [-0.4, -0.2) is 48.0 Å². The average molecular weight is 392 g/mol. The molecule has 0 aromatic heterocycles. The number of nitrogens with zero attached hydrogens (tertiary/aromatic N) is 4. The van der Waals surface area contributed by atoms with E-state index in [0.29, 0.717) is 12.4 Å². The highest BCUT2D eigenvalue weighted by atomic mass is 19.2. The van der Waals surface area contributed by atoms with Gasteiger partial charge in [0.2, 0.25) is 0 Å². The highest BCUT2D eigenvalue weighted by Gasteiger charge is 2.36. The number of fused-ring (bicyclic) bond motifs is 2. The topological polar surface area (TPSA) is 40.5 Å². The number of rotatable bonds is 4. The first-order chi connectivity index (χ1) is 13.4. The number of benzene rings is 1. The van der Waals surface area contributed by atoms with Crippen LogP contribution in [0, 0.1) is 17.5 Å². The van der Waals surface area contributed by atoms with Gasteiger partial charge in [-0.2, -0.15) is 0 Å². The van der Waals surface area contributed by atoms with E-state index in [9.17, 15) is 13.2 Å². The molecule has 4 rings (SSSR count). The fraction of sp³-hybridized carbons (Fsp3) is 0.316. The second kappa shape index (κ2) is 6.99. The maximum absolute atomic E-state index is 14.0. The number of aliphatic imine (C=N–C) groups is 1. The van der Waals surface area contributed by atoms with Crippen molar-refractivity contribution in [3.8, 4) is 0 Å². The van der Waals surface area contributed by atoms with Crippen LogP contribution in [0.5, 0.6) is 0 Å². The molecular formula is C19H19F3N4O2. The minimum atomic E-state index is -1.24. The fourth-order valence-electron chi connectivity index (χ4n) is 3.50. The molecule has 28 heavy (non-hydrogen) atoms. The van der Waals surface area contributed by atoms with Crippen LogP contribution < -0.4 is 0 Å². The molecule has 1 unspecified atom stereocenters. The van der Waals surface area contributed by atoms with Crippen LogP contribution in [0.15, 0.2) is 52.3 Å². The van der Waals surface area contributed by atoms with Crippen molar-refractivity contribution in [2.45, 2.75) is 19.6 Å². The van der Waals surface area contributed by atoms with E-state index >= 15 is 0 Å². The van der Waals surface area contributed by atoms with E-state index in [1.54, 1.807) is 18.4 Å². The molecule has 0 bridgehead atoms. The van der Waals surface area contributed by atoms with Crippen molar-refractivity contribution in [2.75, 3.05) is 20.8 Å². The summed E-state index contributed by atoms with van der Waals surface area (Å²) in [5.74, 6) is -2.42. The van der Waals surface area contributed by atoms with Crippen LogP contribution >= 0.6 is 0 Å². The lowest BCUT2D eigenvalue weighted by molar-refractivity contribution is -0.0968. The van der Waals surface area contributed by atoms with E-state index in [0.717, 1.165) is 29.2 Å². The maximum Gasteiger partial charge on any atom is 0.167 e. The predicted octanol–water partition coefficient (Wildman–Crippen LogP) is 3.07. The van der Waals surface area contributed by atoms with Crippen molar-refractivity contribution in [3.05, 3.63) is 70.3 Å². The molecule has 0 fully saturated rings. The van der Waals surface area contributed by atoms with Crippen LogP contribution in [0.2, 0.25) is 0 Å². The summed E-state index contributed by atoms with van der Waals surface area (Å²) in [5.41, 5.74) is 1.82. The number of hydrogen-bond donors (Lipinski definition) is 0. The Morgan fingerprint density at radius 3 is 2.68 bits per heavy atom. The highest BCUT2D eigenvalue weighted by Crippen LogP contribution is 2.36. The summed E-state index contributed by atoms with van der Waals surface area (Å²) in [6.07, 6.45) is 4.75. The van der Waals surface area contributed by atoms with E-state index in [1.807, 2.05) is 36.2 Å². The van der Waals surface area contributed by atoms with Gasteiger partial charge in [-0.15, -0.1) is 0 Å². The third-order valence-electron chi connectivity index (χ3n) is 4.85. The first-order valence-electron chi connectivity index (χ1n) is 8.64. The van der Waals surface area contributed by atoms with Gasteiger partial charge < -0.3 is 14.5 Å². The van der Waals surface area contributed by atoms with Gasteiger partial charge in [0.15, 0.2) is 11.6 Å². The third-order valence-corrected chi connectivity index (χ3v) is 4.85. The summed E-state index contributed by atoms with van der Waals surface area (Å²) < 4.78 is 47.2. The lowest BCUT2D eigenvalue weighted by Gasteiger charge is -2.38. The fourth-order valence-corrected chi connectivity index (χ4v) is 3.50. The van der Waals surface area contributed by atoms with E-state index < -0.39 is 35.7 Å². The summed E-state index contributed by atoms with van der Waals surface area (Å²) in [4.78, 5) is 13.7. The summed E-state index contributed by atoms with van der Waals surface area (Å²) in [6.45, 7) is 1.89. The molecule has 0 aliphatic carbocycles. The first-order valence-corrected chi connectivity index (χ1v) is 8.64. The van der Waals surface area contributed by atoms with Gasteiger partial charge in [0.05, 0.1) is 37.4 Å². The number of allylic oxidation sites excluding steroid dienone is 1. The van der Waals surface area contributed by atoms with Crippen molar-refractivity contribution in [1.82, 2.24) is 14.9 Å². The molecular weight excluding hydrogens is 373 g/mol. The Labute approximate surface area is 160 Å². The summed E-state index contributed by atoms with van der Waals surface area (Å²) in [6, 6.07) is 1.64. The zero-order valence-corrected chi connectivity index (χ0v) is 15.6. The quantitative estimate of drug-likeness (QED) is 0.737. The van der Waals surface area contributed by atoms with Gasteiger partial charge in [-0.1, -0.05) is 0 Å². The molecule has 0 N–H and O–H groups in total. The normalized spacial score (nSPS) is 21.1. The molecule has 1 aromatic rings. The van der Waals surface area contributed by atoms with Crippen molar-refractivity contribution < 1.29 is 22.7 Å². The zero-order valence-electron chi connectivity index (χ0n) is 15.6. The molecule has 0 radical (unpaired) electrons. The molecule has 3 heterocycles. The van der Waals surface area contributed by atoms with Crippen LogP contribution in [0.3, 0.4) is 0 Å². The molecule has 148 valence electrons. The van der Waals surface area contributed by atoms with Gasteiger partial charge in [0, 0.05) is 13.2 Å². The second-order valence-corrected chi connectivity index (χ2v) is 6.69. The number of hydrogen-bond acceptors (Lipinski definition) is 6. The third kappa shape index (κ3) is 2.96. The molecule has 1 aromatic carbocycles. The molecule has 0 amide bonds. The highest BCUT2D eigenvalue weighted by molar-refractivity contribution is 5.81. The standard InChI is InChI=1S/C19H19F3N4O2/c1-11-7-24(2)19-17(23-6-12-8-25(27-3)10-26(12)19)18(11)28-9-13-14(20)4-5-15(21)16(13)22/h4-8,18H,9-10H2,1-3H3. The Balaban J connectivity index is 1.63. The number of halogens is 3. The van der Waals surface area contributed by atoms with E-state index in [-0.39, 0.29) is 0 Å². The maximum atomic E-state index is 14.0. The van der Waals surface area contributed by atoms with Gasteiger partial charge in [-0.05, 0) is 24.6 Å². The van der Waals surface area contributed by atoms with Crippen molar-refractivity contribution in [1.29, 1.82) is 0 Å². The van der Waals surface area contributed by atoms with Gasteiger partial charge >= 0.3 is 0 Å². The number of hydroxylamine groups is 2. The van der Waals surface area contributed by atoms with E-state index in [1.165, 1.54) is 0 Å². The number of ether oxygens (including phenoxy) is 1. The average Bonchev–Trinajstić information content (AvgIpc) is 3.09. The smallest absolute Gasteiger partial charge is 0.167 e. The first kappa shape index (κ1) is 18.6. The van der Waals surface area contributed by atoms with E-state index in [4.69, 9.17) is 9.57 Å². The molecule has 9 heteroatoms. The van der Waals surface area contributed by atoms with Gasteiger partial charge in [0.1, 0.15) is 30.1 Å². The van der Waals surface area contributed by atoms with Crippen LogP contribution in [-0.2, 0) is 16.2 Å². The van der Waals surface area contributed by atoms with Crippen LogP contribution in [0.1, 0.15) is 12.5 Å².